The Hall–Kier alpha value is -0.860. The molecule has 0 aliphatic rings. The molecular weight excluding hydrogens is 244 g/mol. The monoisotopic (exact) mass is 276 g/mol. The first kappa shape index (κ1) is 17.2. The van der Waals surface area contributed by atoms with Crippen molar-refractivity contribution in [2.45, 2.75) is 59.0 Å². The Morgan fingerprint density at radius 2 is 1.95 bits per heavy atom. The molecule has 0 bridgehead atoms. The number of rotatable bonds is 10. The first-order chi connectivity index (χ1) is 9.63. The minimum atomic E-state index is 0.664. The number of benzene rings is 1. The molecule has 2 nitrogen and oxygen atoms in total. The molecule has 1 aromatic carbocycles. The van der Waals surface area contributed by atoms with E-state index in [1.54, 1.807) is 0 Å². The summed E-state index contributed by atoms with van der Waals surface area (Å²) >= 11 is 0. The molecule has 0 saturated heterocycles. The molecule has 0 aliphatic heterocycles. The standard InChI is InChI=1S/C18H32N2/c1-5-13-19-17(3)11-8-9-14-20(4)15-18-12-7-6-10-16(18)2/h6-7,10,12,17,19H,5,8-9,11,13-15H2,1-4H3. The van der Waals surface area contributed by atoms with Crippen molar-refractivity contribution in [3.8, 4) is 0 Å². The van der Waals surface area contributed by atoms with Gasteiger partial charge in [-0.2, -0.15) is 0 Å². The van der Waals surface area contributed by atoms with Gasteiger partial charge >= 0.3 is 0 Å². The number of nitrogens with one attached hydrogen (secondary N) is 1. The zero-order valence-corrected chi connectivity index (χ0v) is 13.8. The van der Waals surface area contributed by atoms with Gasteiger partial charge in [0.1, 0.15) is 0 Å². The molecule has 0 radical (unpaired) electrons. The highest BCUT2D eigenvalue weighted by atomic mass is 15.1. The predicted molar refractivity (Wildman–Crippen MR) is 89.1 cm³/mol. The Labute approximate surface area is 125 Å². The second kappa shape index (κ2) is 9.95. The number of hydrogen-bond acceptors (Lipinski definition) is 2. The van der Waals surface area contributed by atoms with Crippen LogP contribution in [0, 0.1) is 6.92 Å². The van der Waals surface area contributed by atoms with E-state index in [1.165, 1.54) is 43.4 Å². The van der Waals surface area contributed by atoms with Gasteiger partial charge in [-0.1, -0.05) is 37.6 Å². The molecule has 0 heterocycles. The van der Waals surface area contributed by atoms with E-state index in [2.05, 4.69) is 62.3 Å². The molecular formula is C18H32N2. The predicted octanol–water partition coefficient (Wildman–Crippen LogP) is 3.99. The summed E-state index contributed by atoms with van der Waals surface area (Å²) in [4.78, 5) is 2.44. The van der Waals surface area contributed by atoms with Gasteiger partial charge in [0.15, 0.2) is 0 Å². The van der Waals surface area contributed by atoms with Crippen LogP contribution in [0.25, 0.3) is 0 Å². The molecule has 1 aromatic rings. The smallest absolute Gasteiger partial charge is 0.0233 e. The highest BCUT2D eigenvalue weighted by molar-refractivity contribution is 5.25. The van der Waals surface area contributed by atoms with E-state index in [-0.39, 0.29) is 0 Å². The summed E-state index contributed by atoms with van der Waals surface area (Å²) in [6.07, 6.45) is 5.12. The molecule has 1 rings (SSSR count). The van der Waals surface area contributed by atoms with Gasteiger partial charge in [0.25, 0.3) is 0 Å². The number of aryl methyl sites for hydroxylation is 1. The summed E-state index contributed by atoms with van der Waals surface area (Å²) in [5, 5.41) is 3.55. The highest BCUT2D eigenvalue weighted by Gasteiger charge is 2.04. The Morgan fingerprint density at radius 3 is 2.65 bits per heavy atom. The van der Waals surface area contributed by atoms with E-state index in [1.807, 2.05) is 0 Å². The van der Waals surface area contributed by atoms with Crippen LogP contribution >= 0.6 is 0 Å². The van der Waals surface area contributed by atoms with Crippen molar-refractivity contribution in [1.29, 1.82) is 0 Å². The normalized spacial score (nSPS) is 12.8. The Kier molecular flexibility index (Phi) is 8.56. The molecule has 1 N–H and O–H groups in total. The Balaban J connectivity index is 2.14. The fourth-order valence-electron chi connectivity index (χ4n) is 2.48. The molecule has 0 aromatic heterocycles. The van der Waals surface area contributed by atoms with Crippen LogP contribution in [0.3, 0.4) is 0 Å². The second-order valence-corrected chi connectivity index (χ2v) is 6.02. The van der Waals surface area contributed by atoms with Crippen molar-refractivity contribution in [3.63, 3.8) is 0 Å². The van der Waals surface area contributed by atoms with Gasteiger partial charge in [-0.15, -0.1) is 0 Å². The lowest BCUT2D eigenvalue weighted by atomic mass is 10.1. The minimum Gasteiger partial charge on any atom is -0.314 e. The van der Waals surface area contributed by atoms with E-state index in [4.69, 9.17) is 0 Å². The van der Waals surface area contributed by atoms with Gasteiger partial charge in [-0.05, 0) is 64.4 Å². The van der Waals surface area contributed by atoms with Crippen molar-refractivity contribution < 1.29 is 0 Å². The summed E-state index contributed by atoms with van der Waals surface area (Å²) in [6, 6.07) is 9.35. The Bertz CT molecular complexity index is 362. The fraction of sp³-hybridized carbons (Fsp3) is 0.667. The number of nitrogens with zero attached hydrogens (tertiary/aromatic N) is 1. The first-order valence-electron chi connectivity index (χ1n) is 8.10. The van der Waals surface area contributed by atoms with Crippen LogP contribution < -0.4 is 5.32 Å². The van der Waals surface area contributed by atoms with Gasteiger partial charge in [-0.25, -0.2) is 0 Å². The lowest BCUT2D eigenvalue weighted by molar-refractivity contribution is 0.313. The van der Waals surface area contributed by atoms with Gasteiger partial charge in [0.05, 0.1) is 0 Å². The molecule has 1 atom stereocenters. The molecule has 2 heteroatoms. The summed E-state index contributed by atoms with van der Waals surface area (Å²) in [5.74, 6) is 0. The van der Waals surface area contributed by atoms with E-state index < -0.39 is 0 Å². The Morgan fingerprint density at radius 1 is 1.20 bits per heavy atom. The van der Waals surface area contributed by atoms with Crippen LogP contribution in [0.2, 0.25) is 0 Å². The van der Waals surface area contributed by atoms with Crippen LogP contribution in [0.5, 0.6) is 0 Å². The fourth-order valence-corrected chi connectivity index (χ4v) is 2.48. The zero-order chi connectivity index (χ0) is 14.8. The lowest BCUT2D eigenvalue weighted by Gasteiger charge is -2.19. The van der Waals surface area contributed by atoms with Crippen LogP contribution in [0.4, 0.5) is 0 Å². The summed E-state index contributed by atoms with van der Waals surface area (Å²) in [5.41, 5.74) is 2.85. The molecule has 0 saturated carbocycles. The van der Waals surface area contributed by atoms with Crippen molar-refractivity contribution in [3.05, 3.63) is 35.4 Å². The first-order valence-corrected chi connectivity index (χ1v) is 8.10. The average molecular weight is 276 g/mol. The van der Waals surface area contributed by atoms with E-state index >= 15 is 0 Å². The van der Waals surface area contributed by atoms with Crippen LogP contribution in [-0.4, -0.2) is 31.1 Å². The number of unbranched alkanes of at least 4 members (excludes halogenated alkanes) is 1. The third-order valence-electron chi connectivity index (χ3n) is 3.87. The maximum absolute atomic E-state index is 3.55. The van der Waals surface area contributed by atoms with Gasteiger partial charge < -0.3 is 10.2 Å². The molecule has 0 spiro atoms. The molecule has 0 fully saturated rings. The molecule has 0 amide bonds. The van der Waals surface area contributed by atoms with E-state index in [0.29, 0.717) is 6.04 Å². The van der Waals surface area contributed by atoms with Crippen molar-refractivity contribution in [2.24, 2.45) is 0 Å². The topological polar surface area (TPSA) is 15.3 Å². The molecule has 20 heavy (non-hydrogen) atoms. The zero-order valence-electron chi connectivity index (χ0n) is 13.8. The summed E-state index contributed by atoms with van der Waals surface area (Å²) in [7, 11) is 2.23. The summed E-state index contributed by atoms with van der Waals surface area (Å²) in [6.45, 7) is 10.1. The third-order valence-corrected chi connectivity index (χ3v) is 3.87. The van der Waals surface area contributed by atoms with Crippen molar-refractivity contribution >= 4 is 0 Å². The second-order valence-electron chi connectivity index (χ2n) is 6.02. The van der Waals surface area contributed by atoms with Crippen molar-refractivity contribution in [2.75, 3.05) is 20.1 Å². The van der Waals surface area contributed by atoms with E-state index in [9.17, 15) is 0 Å². The van der Waals surface area contributed by atoms with Crippen LogP contribution in [0.1, 0.15) is 50.7 Å². The van der Waals surface area contributed by atoms with Crippen molar-refractivity contribution in [1.82, 2.24) is 10.2 Å². The maximum Gasteiger partial charge on any atom is 0.0233 e. The highest BCUT2D eigenvalue weighted by Crippen LogP contribution is 2.10. The average Bonchev–Trinajstić information content (AvgIpc) is 2.44. The third kappa shape index (κ3) is 7.06. The quantitative estimate of drug-likeness (QED) is 0.650. The number of hydrogen-bond donors (Lipinski definition) is 1. The lowest BCUT2D eigenvalue weighted by Crippen LogP contribution is -2.27. The summed E-state index contributed by atoms with van der Waals surface area (Å²) < 4.78 is 0. The molecule has 114 valence electrons. The van der Waals surface area contributed by atoms with Crippen LogP contribution in [-0.2, 0) is 6.54 Å². The van der Waals surface area contributed by atoms with Crippen LogP contribution in [0.15, 0.2) is 24.3 Å². The molecule has 0 aliphatic carbocycles. The van der Waals surface area contributed by atoms with E-state index in [0.717, 1.165) is 13.1 Å². The minimum absolute atomic E-state index is 0.664. The van der Waals surface area contributed by atoms with Gasteiger partial charge in [0, 0.05) is 12.6 Å². The van der Waals surface area contributed by atoms with Gasteiger partial charge in [0.2, 0.25) is 0 Å². The molecule has 1 unspecified atom stereocenters. The van der Waals surface area contributed by atoms with Gasteiger partial charge in [-0.3, -0.25) is 0 Å². The maximum atomic E-state index is 3.55. The SMILES string of the molecule is CCCNC(C)CCCCN(C)Cc1ccccc1C. The largest absolute Gasteiger partial charge is 0.314 e.